The molecule has 0 unspecified atom stereocenters. The number of carbonyl (C=O) groups excluding carboxylic acids is 1. The molecule has 0 saturated heterocycles. The Labute approximate surface area is 168 Å². The number of benzene rings is 3. The molecular weight excluding hydrogens is 371 g/mol. The molecule has 1 N–H and O–H groups in total. The normalized spacial score (nSPS) is 10.7. The highest BCUT2D eigenvalue weighted by Crippen LogP contribution is 2.14. The van der Waals surface area contributed by atoms with Gasteiger partial charge in [0, 0.05) is 0 Å². The molecule has 0 aliphatic carbocycles. The largest absolute Gasteiger partial charge is 0.489 e. The Morgan fingerprint density at radius 1 is 0.931 bits per heavy atom. The summed E-state index contributed by atoms with van der Waals surface area (Å²) in [6.45, 7) is 2.33. The highest BCUT2D eigenvalue weighted by Gasteiger charge is 2.02. The predicted octanol–water partition coefficient (Wildman–Crippen LogP) is 4.24. The molecule has 0 radical (unpaired) electrons. The number of aryl methyl sites for hydroxylation is 1. The fourth-order valence-electron chi connectivity index (χ4n) is 2.39. The van der Waals surface area contributed by atoms with E-state index >= 15 is 0 Å². The summed E-state index contributed by atoms with van der Waals surface area (Å²) in [5.74, 6) is 0.382. The second-order valence-electron chi connectivity index (χ2n) is 6.38. The number of ether oxygens (including phenoxy) is 2. The summed E-state index contributed by atoms with van der Waals surface area (Å²) in [5, 5.41) is 3.89. The molecule has 0 bridgehead atoms. The van der Waals surface area contributed by atoms with Crippen LogP contribution in [0.4, 0.5) is 4.39 Å². The molecule has 3 rings (SSSR count). The lowest BCUT2D eigenvalue weighted by molar-refractivity contribution is -0.123. The first-order chi connectivity index (χ1) is 14.1. The van der Waals surface area contributed by atoms with Crippen LogP contribution >= 0.6 is 0 Å². The Morgan fingerprint density at radius 3 is 2.24 bits per heavy atom. The second kappa shape index (κ2) is 10.0. The number of amides is 1. The van der Waals surface area contributed by atoms with Crippen LogP contribution in [0.5, 0.6) is 11.5 Å². The minimum Gasteiger partial charge on any atom is -0.489 e. The van der Waals surface area contributed by atoms with Gasteiger partial charge in [-0.3, -0.25) is 4.79 Å². The summed E-state index contributed by atoms with van der Waals surface area (Å²) in [6.07, 6.45) is 1.53. The van der Waals surface area contributed by atoms with Crippen LogP contribution in [0.15, 0.2) is 77.9 Å². The fourth-order valence-corrected chi connectivity index (χ4v) is 2.39. The van der Waals surface area contributed by atoms with Crippen LogP contribution in [0.1, 0.15) is 16.7 Å². The van der Waals surface area contributed by atoms with E-state index in [2.05, 4.69) is 22.7 Å². The van der Waals surface area contributed by atoms with Crippen molar-refractivity contribution >= 4 is 12.1 Å². The third-order valence-corrected chi connectivity index (χ3v) is 3.99. The summed E-state index contributed by atoms with van der Waals surface area (Å²) >= 11 is 0. The molecule has 0 atom stereocenters. The van der Waals surface area contributed by atoms with E-state index in [1.165, 1.54) is 36.0 Å². The number of nitrogens with zero attached hydrogens (tertiary/aromatic N) is 1. The van der Waals surface area contributed by atoms with Gasteiger partial charge >= 0.3 is 0 Å². The molecule has 0 heterocycles. The van der Waals surface area contributed by atoms with Gasteiger partial charge < -0.3 is 9.47 Å². The maximum atomic E-state index is 12.8. The molecule has 1 amide bonds. The molecule has 3 aromatic carbocycles. The Kier molecular flexibility index (Phi) is 6.95. The second-order valence-corrected chi connectivity index (χ2v) is 6.38. The summed E-state index contributed by atoms with van der Waals surface area (Å²) in [6, 6.07) is 21.0. The zero-order valence-corrected chi connectivity index (χ0v) is 16.0. The SMILES string of the molecule is Cc1ccc(COc2ccc(C=NNC(=O)COc3ccc(F)cc3)cc2)cc1. The minimum absolute atomic E-state index is 0.214. The van der Waals surface area contributed by atoms with Gasteiger partial charge in [0.1, 0.15) is 23.9 Å². The average Bonchev–Trinajstić information content (AvgIpc) is 2.74. The molecule has 0 saturated carbocycles. The third-order valence-electron chi connectivity index (χ3n) is 3.99. The van der Waals surface area contributed by atoms with Crippen molar-refractivity contribution in [1.29, 1.82) is 0 Å². The van der Waals surface area contributed by atoms with E-state index in [0.717, 1.165) is 16.9 Å². The van der Waals surface area contributed by atoms with E-state index < -0.39 is 5.91 Å². The number of hydrogen-bond acceptors (Lipinski definition) is 4. The van der Waals surface area contributed by atoms with Crippen molar-refractivity contribution < 1.29 is 18.7 Å². The van der Waals surface area contributed by atoms with Gasteiger partial charge in [-0.25, -0.2) is 9.82 Å². The van der Waals surface area contributed by atoms with Crippen LogP contribution < -0.4 is 14.9 Å². The molecule has 3 aromatic rings. The highest BCUT2D eigenvalue weighted by atomic mass is 19.1. The van der Waals surface area contributed by atoms with Gasteiger partial charge in [-0.15, -0.1) is 0 Å². The van der Waals surface area contributed by atoms with Crippen LogP contribution in [0, 0.1) is 12.7 Å². The quantitative estimate of drug-likeness (QED) is 0.461. The monoisotopic (exact) mass is 392 g/mol. The molecule has 0 spiro atoms. The Bertz CT molecular complexity index is 953. The minimum atomic E-state index is -0.413. The zero-order chi connectivity index (χ0) is 20.5. The van der Waals surface area contributed by atoms with E-state index in [-0.39, 0.29) is 12.4 Å². The van der Waals surface area contributed by atoms with Crippen molar-refractivity contribution in [1.82, 2.24) is 5.43 Å². The van der Waals surface area contributed by atoms with Crippen molar-refractivity contribution in [2.24, 2.45) is 5.10 Å². The summed E-state index contributed by atoms with van der Waals surface area (Å²) in [5.41, 5.74) is 5.51. The van der Waals surface area contributed by atoms with E-state index in [1.807, 2.05) is 43.3 Å². The average molecular weight is 392 g/mol. The van der Waals surface area contributed by atoms with Crippen molar-refractivity contribution in [2.45, 2.75) is 13.5 Å². The lowest BCUT2D eigenvalue weighted by Gasteiger charge is -2.07. The standard InChI is InChI=1S/C23H21FN2O3/c1-17-2-4-19(5-3-17)15-28-21-10-6-18(7-11-21)14-25-26-23(27)16-29-22-12-8-20(24)9-13-22/h2-14H,15-16H2,1H3,(H,26,27). The number of carbonyl (C=O) groups is 1. The van der Waals surface area contributed by atoms with Crippen LogP contribution in [0.25, 0.3) is 0 Å². The molecule has 0 aliphatic rings. The van der Waals surface area contributed by atoms with Gasteiger partial charge in [-0.2, -0.15) is 5.10 Å². The molecule has 0 aromatic heterocycles. The lowest BCUT2D eigenvalue weighted by Crippen LogP contribution is -2.24. The molecule has 29 heavy (non-hydrogen) atoms. The van der Waals surface area contributed by atoms with E-state index in [4.69, 9.17) is 9.47 Å². The van der Waals surface area contributed by atoms with Gasteiger partial charge in [-0.05, 0) is 66.6 Å². The van der Waals surface area contributed by atoms with Crippen molar-refractivity contribution in [3.05, 3.63) is 95.3 Å². The van der Waals surface area contributed by atoms with Crippen LogP contribution in [0.2, 0.25) is 0 Å². The van der Waals surface area contributed by atoms with E-state index in [9.17, 15) is 9.18 Å². The van der Waals surface area contributed by atoms with Crippen LogP contribution in [-0.2, 0) is 11.4 Å². The number of rotatable bonds is 8. The smallest absolute Gasteiger partial charge is 0.277 e. The van der Waals surface area contributed by atoms with Gasteiger partial charge in [-0.1, -0.05) is 29.8 Å². The number of hydrogen-bond donors (Lipinski definition) is 1. The molecule has 6 heteroatoms. The number of halogens is 1. The molecule has 148 valence electrons. The van der Waals surface area contributed by atoms with Gasteiger partial charge in [0.05, 0.1) is 6.21 Å². The maximum absolute atomic E-state index is 12.8. The topological polar surface area (TPSA) is 59.9 Å². The fraction of sp³-hybridized carbons (Fsp3) is 0.130. The van der Waals surface area contributed by atoms with Crippen molar-refractivity contribution in [3.63, 3.8) is 0 Å². The summed E-state index contributed by atoms with van der Waals surface area (Å²) < 4.78 is 23.8. The zero-order valence-electron chi connectivity index (χ0n) is 16.0. The number of hydrazone groups is 1. The Hall–Kier alpha value is -3.67. The Morgan fingerprint density at radius 2 is 1.55 bits per heavy atom. The summed E-state index contributed by atoms with van der Waals surface area (Å²) in [7, 11) is 0. The van der Waals surface area contributed by atoms with Gasteiger partial charge in [0.25, 0.3) is 5.91 Å². The third kappa shape index (κ3) is 6.77. The van der Waals surface area contributed by atoms with Crippen molar-refractivity contribution in [3.8, 4) is 11.5 Å². The van der Waals surface area contributed by atoms with Crippen molar-refractivity contribution in [2.75, 3.05) is 6.61 Å². The first-order valence-corrected chi connectivity index (χ1v) is 9.07. The van der Waals surface area contributed by atoms with E-state index in [1.54, 1.807) is 0 Å². The molecule has 5 nitrogen and oxygen atoms in total. The van der Waals surface area contributed by atoms with Crippen LogP contribution in [-0.4, -0.2) is 18.7 Å². The Balaban J connectivity index is 1.41. The first kappa shape index (κ1) is 20.1. The summed E-state index contributed by atoms with van der Waals surface area (Å²) in [4.78, 5) is 11.7. The predicted molar refractivity (Wildman–Crippen MR) is 110 cm³/mol. The number of nitrogens with one attached hydrogen (secondary N) is 1. The highest BCUT2D eigenvalue weighted by molar-refractivity contribution is 5.83. The van der Waals surface area contributed by atoms with Crippen LogP contribution in [0.3, 0.4) is 0 Å². The molecular formula is C23H21FN2O3. The van der Waals surface area contributed by atoms with Gasteiger partial charge in [0.2, 0.25) is 0 Å². The van der Waals surface area contributed by atoms with Gasteiger partial charge in [0.15, 0.2) is 6.61 Å². The van der Waals surface area contributed by atoms with E-state index in [0.29, 0.717) is 12.4 Å². The molecule has 0 fully saturated rings. The molecule has 0 aliphatic heterocycles. The maximum Gasteiger partial charge on any atom is 0.277 e. The first-order valence-electron chi connectivity index (χ1n) is 9.07. The lowest BCUT2D eigenvalue weighted by atomic mass is 10.2.